The van der Waals surface area contributed by atoms with Gasteiger partial charge in [0.05, 0.1) is 42.2 Å². The summed E-state index contributed by atoms with van der Waals surface area (Å²) in [4.78, 5) is 10.2. The highest BCUT2D eigenvalue weighted by Crippen LogP contribution is 2.50. The molecule has 1 unspecified atom stereocenters. The number of methoxy groups -OCH3 is 1. The van der Waals surface area contributed by atoms with Crippen molar-refractivity contribution >= 4 is 38.0 Å². The highest BCUT2D eigenvalue weighted by atomic mass is 32.1. The molecule has 0 radical (unpaired) electrons. The predicted octanol–water partition coefficient (Wildman–Crippen LogP) is 8.09. The molecule has 2 atom stereocenters. The summed E-state index contributed by atoms with van der Waals surface area (Å²) < 4.78 is 47.7. The first-order valence-corrected chi connectivity index (χ1v) is 16.6. The smallest absolute Gasteiger partial charge is 0.132 e. The first kappa shape index (κ1) is 30.9. The van der Waals surface area contributed by atoms with Gasteiger partial charge in [0, 0.05) is 65.0 Å². The maximum Gasteiger partial charge on any atom is 0.132 e. The maximum atomic E-state index is 16.3. The van der Waals surface area contributed by atoms with Gasteiger partial charge in [-0.05, 0) is 64.3 Å². The topological polar surface area (TPSA) is 79.0 Å². The average Bonchev–Trinajstić information content (AvgIpc) is 3.73. The van der Waals surface area contributed by atoms with E-state index < -0.39 is 17.3 Å². The Labute approximate surface area is 270 Å². The number of rotatable bonds is 8. The number of nitrogens with one attached hydrogen (secondary N) is 1. The molecule has 2 aliphatic rings. The zero-order valence-corrected chi connectivity index (χ0v) is 27.8. The van der Waals surface area contributed by atoms with Crippen molar-refractivity contribution in [3.63, 3.8) is 0 Å². The summed E-state index contributed by atoms with van der Waals surface area (Å²) in [6, 6.07) is 10.7. The van der Waals surface area contributed by atoms with E-state index in [2.05, 4.69) is 48.9 Å². The summed E-state index contributed by atoms with van der Waals surface area (Å²) >= 11 is 1.50. The zero-order valence-electron chi connectivity index (χ0n) is 26.9. The number of fused-ring (bicyclic) bond motifs is 3. The molecule has 0 amide bonds. The van der Waals surface area contributed by atoms with Crippen molar-refractivity contribution in [2.45, 2.75) is 65.3 Å². The van der Waals surface area contributed by atoms with Crippen molar-refractivity contribution in [2.75, 3.05) is 26.9 Å². The number of nitrogens with zero attached hydrogens (tertiary/aromatic N) is 5. The number of benzene rings is 1. The molecule has 4 aromatic heterocycles. The normalized spacial score (nSPS) is 20.3. The Kier molecular flexibility index (Phi) is 7.91. The van der Waals surface area contributed by atoms with Crippen molar-refractivity contribution in [1.82, 2.24) is 29.6 Å². The summed E-state index contributed by atoms with van der Waals surface area (Å²) in [7, 11) is 1.57. The molecule has 0 spiro atoms. The number of allylic oxidation sites excluding steroid dienone is 2. The van der Waals surface area contributed by atoms with Crippen molar-refractivity contribution in [3.05, 3.63) is 70.5 Å². The highest BCUT2D eigenvalue weighted by molar-refractivity contribution is 7.17. The molecule has 1 aliphatic heterocycles. The summed E-state index contributed by atoms with van der Waals surface area (Å²) in [6.45, 7) is 12.1. The Bertz CT molecular complexity index is 2040. The van der Waals surface area contributed by atoms with Gasteiger partial charge < -0.3 is 19.4 Å². The zero-order chi connectivity index (χ0) is 32.3. The lowest BCUT2D eigenvalue weighted by atomic mass is 9.81. The van der Waals surface area contributed by atoms with Gasteiger partial charge in [0.1, 0.15) is 34.5 Å². The molecule has 0 fully saturated rings. The molecule has 0 saturated heterocycles. The minimum absolute atomic E-state index is 0.0930. The molecular weight excluding hydrogens is 606 g/mol. The second-order valence-electron chi connectivity index (χ2n) is 12.6. The molecule has 5 heterocycles. The summed E-state index contributed by atoms with van der Waals surface area (Å²) in [6.07, 6.45) is 0.863. The minimum atomic E-state index is -1.30. The van der Waals surface area contributed by atoms with E-state index in [0.29, 0.717) is 30.1 Å². The fourth-order valence-corrected chi connectivity index (χ4v) is 7.98. The van der Waals surface area contributed by atoms with Crippen LogP contribution in [0.15, 0.2) is 53.4 Å². The van der Waals surface area contributed by atoms with Crippen molar-refractivity contribution in [2.24, 2.45) is 0 Å². The van der Waals surface area contributed by atoms with Gasteiger partial charge in [-0.15, -0.1) is 11.3 Å². The minimum Gasteiger partial charge on any atom is -0.382 e. The Hall–Kier alpha value is -3.77. The molecular formula is C35H38F2N6O2S. The van der Waals surface area contributed by atoms with Crippen LogP contribution in [0.4, 0.5) is 8.78 Å². The van der Waals surface area contributed by atoms with Crippen molar-refractivity contribution < 1.29 is 18.3 Å². The molecule has 240 valence electrons. The second-order valence-corrected chi connectivity index (χ2v) is 13.5. The quantitative estimate of drug-likeness (QED) is 0.172. The Morgan fingerprint density at radius 1 is 1.13 bits per heavy atom. The standard InChI is InChI=1S/C35H38F2N6O2S/c1-19(2)43-21(4)39-26-15-22(7-8-28(26)43)32-24-9-14-46-34(24)30(31-25(37)16-23(36)18-35(31,5)45-13-12-44-6)33(40-32)27-17-29-20(3)38-10-11-42(29)41-27/h7-9,14-17,19-20,38H,10-13,18H2,1-6H3/t20-,35?/m1/s1. The molecule has 1 aliphatic carbocycles. The molecule has 0 bridgehead atoms. The predicted molar refractivity (Wildman–Crippen MR) is 179 cm³/mol. The van der Waals surface area contributed by atoms with Gasteiger partial charge in [0.25, 0.3) is 0 Å². The number of hydrogen-bond acceptors (Lipinski definition) is 7. The van der Waals surface area contributed by atoms with Gasteiger partial charge in [-0.25, -0.2) is 18.7 Å². The van der Waals surface area contributed by atoms with Crippen LogP contribution in [0.2, 0.25) is 0 Å². The number of thiophene rings is 1. The second kappa shape index (κ2) is 11.8. The number of aromatic nitrogens is 5. The number of hydrogen-bond donors (Lipinski definition) is 1. The third-order valence-electron chi connectivity index (χ3n) is 9.05. The van der Waals surface area contributed by atoms with Crippen molar-refractivity contribution in [3.8, 4) is 22.6 Å². The van der Waals surface area contributed by atoms with Gasteiger partial charge in [-0.2, -0.15) is 5.10 Å². The van der Waals surface area contributed by atoms with E-state index in [4.69, 9.17) is 24.5 Å². The van der Waals surface area contributed by atoms with Crippen LogP contribution in [-0.4, -0.2) is 56.8 Å². The lowest BCUT2D eigenvalue weighted by Gasteiger charge is -2.35. The van der Waals surface area contributed by atoms with E-state index in [1.165, 1.54) is 11.3 Å². The SMILES string of the molecule is COCCOC1(C)CC(F)=CC(F)=C1c1c(-c2cc3n(n2)CCN[C@@H]3C)nc(-c2ccc3c(c2)nc(C)n3C(C)C)c2ccsc12. The van der Waals surface area contributed by atoms with Crippen LogP contribution in [0.25, 0.3) is 49.3 Å². The van der Waals surface area contributed by atoms with Gasteiger partial charge >= 0.3 is 0 Å². The Morgan fingerprint density at radius 3 is 2.72 bits per heavy atom. The third-order valence-corrected chi connectivity index (χ3v) is 9.98. The molecule has 1 aromatic carbocycles. The number of halogens is 2. The molecule has 5 aromatic rings. The molecule has 8 nitrogen and oxygen atoms in total. The number of imidazole rings is 1. The fourth-order valence-electron chi connectivity index (χ4n) is 7.03. The van der Waals surface area contributed by atoms with Crippen LogP contribution in [0.1, 0.15) is 63.3 Å². The van der Waals surface area contributed by atoms with Crippen LogP contribution in [0, 0.1) is 6.92 Å². The highest BCUT2D eigenvalue weighted by Gasteiger charge is 2.41. The molecule has 46 heavy (non-hydrogen) atoms. The van der Waals surface area contributed by atoms with Gasteiger partial charge in [0.15, 0.2) is 0 Å². The van der Waals surface area contributed by atoms with E-state index in [9.17, 15) is 4.39 Å². The van der Waals surface area contributed by atoms with Crippen molar-refractivity contribution in [1.29, 1.82) is 0 Å². The first-order valence-electron chi connectivity index (χ1n) is 15.7. The van der Waals surface area contributed by atoms with Crippen LogP contribution in [0.5, 0.6) is 0 Å². The lowest BCUT2D eigenvalue weighted by molar-refractivity contribution is -0.0176. The largest absolute Gasteiger partial charge is 0.382 e. The van der Waals surface area contributed by atoms with Gasteiger partial charge in [-0.3, -0.25) is 4.68 Å². The van der Waals surface area contributed by atoms with Gasteiger partial charge in [-0.1, -0.05) is 6.07 Å². The number of ether oxygens (including phenoxy) is 2. The summed E-state index contributed by atoms with van der Waals surface area (Å²) in [5.74, 6) is -0.299. The van der Waals surface area contributed by atoms with E-state index in [-0.39, 0.29) is 30.7 Å². The summed E-state index contributed by atoms with van der Waals surface area (Å²) in [5, 5.41) is 11.4. The van der Waals surface area contributed by atoms with Crippen LogP contribution >= 0.6 is 11.3 Å². The maximum absolute atomic E-state index is 16.3. The van der Waals surface area contributed by atoms with Crippen LogP contribution in [-0.2, 0) is 16.0 Å². The summed E-state index contributed by atoms with van der Waals surface area (Å²) in [5.41, 5.74) is 5.34. The monoisotopic (exact) mass is 644 g/mol. The van der Waals surface area contributed by atoms with Crippen LogP contribution in [0.3, 0.4) is 0 Å². The van der Waals surface area contributed by atoms with E-state index in [1.807, 2.05) is 29.1 Å². The van der Waals surface area contributed by atoms with E-state index in [0.717, 1.165) is 56.5 Å². The first-order chi connectivity index (χ1) is 22.1. The number of aryl methyl sites for hydroxylation is 1. The Balaban J connectivity index is 1.51. The molecule has 1 N–H and O–H groups in total. The Morgan fingerprint density at radius 2 is 1.96 bits per heavy atom. The fraction of sp³-hybridized carbons (Fsp3) is 0.400. The number of pyridine rings is 1. The van der Waals surface area contributed by atoms with E-state index >= 15 is 4.39 Å². The van der Waals surface area contributed by atoms with Crippen LogP contribution < -0.4 is 5.32 Å². The molecule has 0 saturated carbocycles. The third kappa shape index (κ3) is 5.10. The van der Waals surface area contributed by atoms with Gasteiger partial charge in [0.2, 0.25) is 0 Å². The lowest BCUT2D eigenvalue weighted by Crippen LogP contribution is -2.34. The average molecular weight is 645 g/mol. The van der Waals surface area contributed by atoms with E-state index in [1.54, 1.807) is 14.0 Å². The molecule has 7 rings (SSSR count). The molecule has 11 heteroatoms.